The summed E-state index contributed by atoms with van der Waals surface area (Å²) in [5.41, 5.74) is 0.855. The van der Waals surface area contributed by atoms with Crippen LogP contribution in [0.3, 0.4) is 0 Å². The molecule has 0 aliphatic carbocycles. The Kier molecular flexibility index (Phi) is 6.66. The summed E-state index contributed by atoms with van der Waals surface area (Å²) in [5.74, 6) is -0.0513. The molecule has 1 unspecified atom stereocenters. The van der Waals surface area contributed by atoms with Crippen molar-refractivity contribution < 1.29 is 9.59 Å². The molecular formula is C17H23BrClN3O2. The molecule has 1 aromatic rings. The van der Waals surface area contributed by atoms with Gasteiger partial charge in [0.15, 0.2) is 0 Å². The van der Waals surface area contributed by atoms with Gasteiger partial charge in [-0.2, -0.15) is 0 Å². The Hall–Kier alpha value is -1.11. The number of rotatable bonds is 3. The number of nitrogens with one attached hydrogen (secondary N) is 1. The van der Waals surface area contributed by atoms with E-state index < -0.39 is 0 Å². The molecule has 0 saturated carbocycles. The second kappa shape index (κ2) is 8.32. The van der Waals surface area contributed by atoms with Crippen LogP contribution >= 0.6 is 28.3 Å². The summed E-state index contributed by atoms with van der Waals surface area (Å²) in [4.78, 5) is 28.7. The SMILES string of the molecule is CNC1CCN(C(=O)C2CC(=O)N(c3cccc(Br)c3)C2)CC1.Cl. The Morgan fingerprint density at radius 2 is 2.00 bits per heavy atom. The van der Waals surface area contributed by atoms with E-state index in [0.717, 1.165) is 36.1 Å². The monoisotopic (exact) mass is 415 g/mol. The van der Waals surface area contributed by atoms with Crippen LogP contribution < -0.4 is 10.2 Å². The number of nitrogens with zero attached hydrogens (tertiary/aromatic N) is 2. The van der Waals surface area contributed by atoms with E-state index in [1.165, 1.54) is 0 Å². The van der Waals surface area contributed by atoms with E-state index in [9.17, 15) is 9.59 Å². The highest BCUT2D eigenvalue weighted by Gasteiger charge is 2.37. The lowest BCUT2D eigenvalue weighted by atomic mass is 10.0. The van der Waals surface area contributed by atoms with Crippen molar-refractivity contribution in [3.8, 4) is 0 Å². The lowest BCUT2D eigenvalue weighted by Gasteiger charge is -2.33. The summed E-state index contributed by atoms with van der Waals surface area (Å²) in [6.07, 6.45) is 2.29. The number of carbonyl (C=O) groups excluding carboxylic acids is 2. The fraction of sp³-hybridized carbons (Fsp3) is 0.529. The molecule has 1 N–H and O–H groups in total. The second-order valence-corrected chi connectivity index (χ2v) is 7.19. The molecule has 132 valence electrons. The molecule has 2 amide bonds. The largest absolute Gasteiger partial charge is 0.342 e. The Balaban J connectivity index is 0.00000208. The maximum absolute atomic E-state index is 12.7. The lowest BCUT2D eigenvalue weighted by molar-refractivity contribution is -0.136. The average Bonchev–Trinajstić information content (AvgIpc) is 2.96. The minimum atomic E-state index is -0.215. The van der Waals surface area contributed by atoms with Gasteiger partial charge >= 0.3 is 0 Å². The molecule has 2 heterocycles. The van der Waals surface area contributed by atoms with E-state index in [2.05, 4.69) is 21.2 Å². The summed E-state index contributed by atoms with van der Waals surface area (Å²) in [6.45, 7) is 2.05. The number of amides is 2. The van der Waals surface area contributed by atoms with Crippen molar-refractivity contribution in [2.45, 2.75) is 25.3 Å². The first-order valence-electron chi connectivity index (χ1n) is 8.10. The second-order valence-electron chi connectivity index (χ2n) is 6.27. The van der Waals surface area contributed by atoms with Gasteiger partial charge in [-0.25, -0.2) is 0 Å². The van der Waals surface area contributed by atoms with E-state index in [1.807, 2.05) is 36.2 Å². The topological polar surface area (TPSA) is 52.7 Å². The molecule has 2 aliphatic heterocycles. The third kappa shape index (κ3) is 4.10. The van der Waals surface area contributed by atoms with Crippen LogP contribution in [0.1, 0.15) is 19.3 Å². The van der Waals surface area contributed by atoms with Gasteiger partial charge in [-0.3, -0.25) is 9.59 Å². The normalized spacial score (nSPS) is 21.8. The third-order valence-electron chi connectivity index (χ3n) is 4.81. The molecule has 2 saturated heterocycles. The number of hydrogen-bond donors (Lipinski definition) is 1. The van der Waals surface area contributed by atoms with Gasteiger partial charge in [0.05, 0.1) is 5.92 Å². The molecule has 0 bridgehead atoms. The standard InChI is InChI=1S/C17H22BrN3O2.ClH/c1-19-14-5-7-20(8-6-14)17(23)12-9-16(22)21(11-12)15-4-2-3-13(18)10-15;/h2-4,10,12,14,19H,5-9,11H2,1H3;1H. The fourth-order valence-electron chi connectivity index (χ4n) is 3.41. The van der Waals surface area contributed by atoms with E-state index >= 15 is 0 Å². The van der Waals surface area contributed by atoms with Crippen LogP contribution in [-0.2, 0) is 9.59 Å². The number of halogens is 2. The highest BCUT2D eigenvalue weighted by molar-refractivity contribution is 9.10. The summed E-state index contributed by atoms with van der Waals surface area (Å²) in [6, 6.07) is 8.17. The quantitative estimate of drug-likeness (QED) is 0.823. The summed E-state index contributed by atoms with van der Waals surface area (Å²) in [7, 11) is 1.97. The first-order chi connectivity index (χ1) is 11.1. The zero-order valence-electron chi connectivity index (χ0n) is 13.7. The fourth-order valence-corrected chi connectivity index (χ4v) is 3.80. The molecule has 0 radical (unpaired) electrons. The van der Waals surface area contributed by atoms with Gasteiger partial charge in [0.2, 0.25) is 11.8 Å². The molecule has 1 aromatic carbocycles. The smallest absolute Gasteiger partial charge is 0.228 e. The minimum Gasteiger partial charge on any atom is -0.342 e. The van der Waals surface area contributed by atoms with E-state index in [1.54, 1.807) is 4.90 Å². The Morgan fingerprint density at radius 3 is 2.62 bits per heavy atom. The number of likely N-dealkylation sites (tertiary alicyclic amines) is 1. The number of carbonyl (C=O) groups is 2. The molecular weight excluding hydrogens is 394 g/mol. The number of benzene rings is 1. The molecule has 0 spiro atoms. The van der Waals surface area contributed by atoms with Crippen molar-refractivity contribution in [3.05, 3.63) is 28.7 Å². The van der Waals surface area contributed by atoms with Gasteiger partial charge in [0.1, 0.15) is 0 Å². The van der Waals surface area contributed by atoms with Gasteiger partial charge in [-0.1, -0.05) is 22.0 Å². The van der Waals surface area contributed by atoms with Crippen molar-refractivity contribution in [1.82, 2.24) is 10.2 Å². The van der Waals surface area contributed by atoms with E-state index in [-0.39, 0.29) is 30.1 Å². The Morgan fingerprint density at radius 1 is 1.29 bits per heavy atom. The Labute approximate surface area is 157 Å². The van der Waals surface area contributed by atoms with Crippen LogP contribution in [0.25, 0.3) is 0 Å². The number of hydrogen-bond acceptors (Lipinski definition) is 3. The van der Waals surface area contributed by atoms with Crippen LogP contribution in [0.5, 0.6) is 0 Å². The molecule has 5 nitrogen and oxygen atoms in total. The van der Waals surface area contributed by atoms with Crippen molar-refractivity contribution in [1.29, 1.82) is 0 Å². The number of piperidine rings is 1. The molecule has 24 heavy (non-hydrogen) atoms. The molecule has 0 aromatic heterocycles. The summed E-state index contributed by atoms with van der Waals surface area (Å²) < 4.78 is 0.937. The van der Waals surface area contributed by atoms with Gasteiger partial charge in [0, 0.05) is 42.3 Å². The van der Waals surface area contributed by atoms with E-state index in [0.29, 0.717) is 19.0 Å². The van der Waals surface area contributed by atoms with Crippen LogP contribution in [-0.4, -0.2) is 49.4 Å². The first-order valence-corrected chi connectivity index (χ1v) is 8.89. The van der Waals surface area contributed by atoms with Crippen molar-refractivity contribution >= 4 is 45.8 Å². The van der Waals surface area contributed by atoms with Crippen LogP contribution in [0.2, 0.25) is 0 Å². The summed E-state index contributed by atoms with van der Waals surface area (Å²) in [5, 5.41) is 3.27. The first kappa shape index (κ1) is 19.2. The third-order valence-corrected chi connectivity index (χ3v) is 5.30. The molecule has 2 aliphatic rings. The van der Waals surface area contributed by atoms with Gasteiger partial charge in [-0.05, 0) is 38.1 Å². The molecule has 1 atom stereocenters. The highest BCUT2D eigenvalue weighted by Crippen LogP contribution is 2.28. The molecule has 7 heteroatoms. The number of anilines is 1. The van der Waals surface area contributed by atoms with Gasteiger partial charge in [-0.15, -0.1) is 12.4 Å². The lowest BCUT2D eigenvalue weighted by Crippen LogP contribution is -2.46. The van der Waals surface area contributed by atoms with Crippen molar-refractivity contribution in [2.24, 2.45) is 5.92 Å². The van der Waals surface area contributed by atoms with Gasteiger partial charge < -0.3 is 15.1 Å². The Bertz CT molecular complexity index is 605. The average molecular weight is 417 g/mol. The predicted octanol–water partition coefficient (Wildman–Crippen LogP) is 2.43. The molecule has 3 rings (SSSR count). The van der Waals surface area contributed by atoms with Crippen LogP contribution in [0, 0.1) is 5.92 Å². The maximum Gasteiger partial charge on any atom is 0.228 e. The maximum atomic E-state index is 12.7. The molecule has 2 fully saturated rings. The predicted molar refractivity (Wildman–Crippen MR) is 101 cm³/mol. The van der Waals surface area contributed by atoms with E-state index in [4.69, 9.17) is 0 Å². The summed E-state index contributed by atoms with van der Waals surface area (Å²) >= 11 is 3.43. The minimum absolute atomic E-state index is 0. The van der Waals surface area contributed by atoms with Crippen LogP contribution in [0.4, 0.5) is 5.69 Å². The van der Waals surface area contributed by atoms with Crippen molar-refractivity contribution in [2.75, 3.05) is 31.6 Å². The zero-order valence-corrected chi connectivity index (χ0v) is 16.1. The zero-order chi connectivity index (χ0) is 16.4. The highest BCUT2D eigenvalue weighted by atomic mass is 79.9. The van der Waals surface area contributed by atoms with Crippen LogP contribution in [0.15, 0.2) is 28.7 Å². The van der Waals surface area contributed by atoms with Crippen molar-refractivity contribution in [3.63, 3.8) is 0 Å². The van der Waals surface area contributed by atoms with Gasteiger partial charge in [0.25, 0.3) is 0 Å².